The summed E-state index contributed by atoms with van der Waals surface area (Å²) in [7, 11) is 1.89. The molecule has 1 aromatic carbocycles. The molecule has 13 nitrogen and oxygen atoms in total. The molecule has 0 spiro atoms. The SMILES string of the molecule is CN1CCC[C@@](F)(COc2nc(N3CCN(C(=O)OC(C)(C)C)C(C(C)(C)C)C3)c3ccnc(Oc4c(Cl)c(F)cc5c4cnn5C4CCCCO4)c3n2)C1. The lowest BCUT2D eigenvalue weighted by Crippen LogP contribution is -2.60. The first-order chi connectivity index (χ1) is 26.0. The highest BCUT2D eigenvalue weighted by Gasteiger charge is 2.41. The van der Waals surface area contributed by atoms with Crippen LogP contribution in [0, 0.1) is 11.2 Å². The van der Waals surface area contributed by atoms with E-state index in [1.807, 2.05) is 32.7 Å². The molecular formula is C39H51ClF2N8O5. The van der Waals surface area contributed by atoms with Gasteiger partial charge in [0.15, 0.2) is 17.6 Å². The van der Waals surface area contributed by atoms with Gasteiger partial charge in [-0.3, -0.25) is 0 Å². The molecule has 0 bridgehead atoms. The van der Waals surface area contributed by atoms with Gasteiger partial charge in [-0.1, -0.05) is 32.4 Å². The number of carbonyl (C=O) groups excluding carboxylic acids is 1. The van der Waals surface area contributed by atoms with Gasteiger partial charge in [0.05, 0.1) is 28.5 Å². The lowest BCUT2D eigenvalue weighted by molar-refractivity contribution is -0.0367. The zero-order valence-corrected chi connectivity index (χ0v) is 33.5. The number of benzene rings is 1. The van der Waals surface area contributed by atoms with Crippen molar-refractivity contribution in [2.75, 3.05) is 57.9 Å². The van der Waals surface area contributed by atoms with Crippen molar-refractivity contribution in [3.05, 3.63) is 35.4 Å². The molecule has 6 heterocycles. The maximum Gasteiger partial charge on any atom is 0.410 e. The average Bonchev–Trinajstić information content (AvgIpc) is 3.54. The third-order valence-corrected chi connectivity index (χ3v) is 10.8. The standard InChI is InChI=1S/C39H51ClF2N8O5/c1-37(2,3)28-21-48(16-17-49(28)36(51)55-38(4,5)6)33-24-12-14-43-34(31(24)45-35(46-33)53-23-39(42)13-10-15-47(7)22-39)54-32-25-20-44-50(29-11-8-9-18-52-29)27(25)19-26(41)30(32)40/h12,14,19-20,28-29H,8-11,13,15-18,21-23H2,1-7H3/t28?,29?,39-/m0/s1. The number of hydrogen-bond donors (Lipinski definition) is 0. The van der Waals surface area contributed by atoms with Crippen LogP contribution in [0.25, 0.3) is 21.8 Å². The molecule has 0 aliphatic carbocycles. The Morgan fingerprint density at radius 3 is 2.60 bits per heavy atom. The number of rotatable bonds is 7. The second-order valence-electron chi connectivity index (χ2n) is 17.1. The number of amides is 1. The minimum absolute atomic E-state index is 0.0214. The van der Waals surface area contributed by atoms with Crippen molar-refractivity contribution in [1.82, 2.24) is 34.5 Å². The monoisotopic (exact) mass is 784 g/mol. The Labute approximate surface area is 325 Å². The zero-order valence-electron chi connectivity index (χ0n) is 32.7. The van der Waals surface area contributed by atoms with Crippen molar-refractivity contribution in [3.63, 3.8) is 0 Å². The molecule has 3 fully saturated rings. The van der Waals surface area contributed by atoms with E-state index in [-0.39, 0.29) is 65.1 Å². The second-order valence-corrected chi connectivity index (χ2v) is 17.4. The molecule has 1 amide bonds. The fraction of sp³-hybridized carbons (Fsp3) is 0.615. The first-order valence-corrected chi connectivity index (χ1v) is 19.4. The Hall–Kier alpha value is -4.08. The molecule has 3 aliphatic heterocycles. The lowest BCUT2D eigenvalue weighted by Gasteiger charge is -2.47. The molecule has 2 unspecified atom stereocenters. The van der Waals surface area contributed by atoms with E-state index in [1.54, 1.807) is 28.0 Å². The maximum absolute atomic E-state index is 16.0. The third kappa shape index (κ3) is 8.39. The number of anilines is 1. The average molecular weight is 785 g/mol. The number of aromatic nitrogens is 5. The number of likely N-dealkylation sites (tertiary alicyclic amines) is 1. The Morgan fingerprint density at radius 2 is 1.89 bits per heavy atom. The molecule has 298 valence electrons. The molecule has 3 aromatic heterocycles. The molecule has 3 atom stereocenters. The molecule has 16 heteroatoms. The highest BCUT2D eigenvalue weighted by molar-refractivity contribution is 6.33. The number of carbonyl (C=O) groups is 1. The summed E-state index contributed by atoms with van der Waals surface area (Å²) in [5.74, 6) is -0.151. The van der Waals surface area contributed by atoms with E-state index in [9.17, 15) is 4.79 Å². The van der Waals surface area contributed by atoms with E-state index in [0.717, 1.165) is 25.8 Å². The predicted octanol–water partition coefficient (Wildman–Crippen LogP) is 7.94. The number of alkyl halides is 1. The summed E-state index contributed by atoms with van der Waals surface area (Å²) in [6.45, 7) is 14.3. The molecular weight excluding hydrogens is 734 g/mol. The van der Waals surface area contributed by atoms with Gasteiger partial charge in [0, 0.05) is 45.0 Å². The number of nitrogens with zero attached hydrogens (tertiary/aromatic N) is 8. The summed E-state index contributed by atoms with van der Waals surface area (Å²) in [5.41, 5.74) is -1.87. The summed E-state index contributed by atoms with van der Waals surface area (Å²) < 4.78 is 57.5. The van der Waals surface area contributed by atoms with Gasteiger partial charge in [0.1, 0.15) is 34.4 Å². The van der Waals surface area contributed by atoms with Crippen LogP contribution in [0.2, 0.25) is 5.02 Å². The molecule has 0 radical (unpaired) electrons. The Bertz CT molecular complexity index is 2050. The number of fused-ring (bicyclic) bond motifs is 2. The number of piperidine rings is 1. The number of ether oxygens (including phenoxy) is 4. The molecule has 3 aliphatic rings. The van der Waals surface area contributed by atoms with Gasteiger partial charge in [-0.2, -0.15) is 15.1 Å². The Morgan fingerprint density at radius 1 is 1.09 bits per heavy atom. The minimum Gasteiger partial charge on any atom is -0.460 e. The number of pyridine rings is 1. The van der Waals surface area contributed by atoms with Gasteiger partial charge >= 0.3 is 12.1 Å². The van der Waals surface area contributed by atoms with Crippen LogP contribution in [0.15, 0.2) is 24.5 Å². The Balaban J connectivity index is 1.29. The van der Waals surface area contributed by atoms with Crippen molar-refractivity contribution in [3.8, 4) is 17.6 Å². The van der Waals surface area contributed by atoms with Gasteiger partial charge in [0.25, 0.3) is 0 Å². The van der Waals surface area contributed by atoms with Crippen LogP contribution in [0.3, 0.4) is 0 Å². The number of hydrogen-bond acceptors (Lipinski definition) is 11. The summed E-state index contributed by atoms with van der Waals surface area (Å²) >= 11 is 6.60. The first-order valence-electron chi connectivity index (χ1n) is 19.1. The largest absolute Gasteiger partial charge is 0.460 e. The van der Waals surface area contributed by atoms with Crippen LogP contribution in [0.4, 0.5) is 19.4 Å². The van der Waals surface area contributed by atoms with E-state index in [2.05, 4.69) is 35.8 Å². The van der Waals surface area contributed by atoms with E-state index in [0.29, 0.717) is 61.2 Å². The zero-order chi connectivity index (χ0) is 39.3. The minimum atomic E-state index is -1.60. The van der Waals surface area contributed by atoms with Gasteiger partial charge < -0.3 is 33.6 Å². The van der Waals surface area contributed by atoms with Crippen LogP contribution in [-0.2, 0) is 9.47 Å². The maximum atomic E-state index is 16.0. The normalized spacial score (nSPS) is 23.0. The van der Waals surface area contributed by atoms with Gasteiger partial charge in [0.2, 0.25) is 5.88 Å². The van der Waals surface area contributed by atoms with Crippen molar-refractivity contribution in [2.45, 2.75) is 97.2 Å². The summed E-state index contributed by atoms with van der Waals surface area (Å²) in [6.07, 6.45) is 6.10. The lowest BCUT2D eigenvalue weighted by atomic mass is 9.84. The Kier molecular flexibility index (Phi) is 10.8. The molecule has 3 saturated heterocycles. The number of halogens is 3. The predicted molar refractivity (Wildman–Crippen MR) is 205 cm³/mol. The molecule has 55 heavy (non-hydrogen) atoms. The van der Waals surface area contributed by atoms with Gasteiger partial charge in [-0.25, -0.2) is 23.2 Å². The summed E-state index contributed by atoms with van der Waals surface area (Å²) in [5, 5.41) is 5.33. The van der Waals surface area contributed by atoms with Crippen LogP contribution < -0.4 is 14.4 Å². The van der Waals surface area contributed by atoms with Crippen LogP contribution in [-0.4, -0.2) is 111 Å². The highest BCUT2D eigenvalue weighted by Crippen LogP contribution is 2.42. The summed E-state index contributed by atoms with van der Waals surface area (Å²) in [6, 6.07) is 2.77. The molecule has 0 N–H and O–H groups in total. The fourth-order valence-electron chi connectivity index (χ4n) is 7.69. The molecule has 7 rings (SSSR count). The fourth-order valence-corrected chi connectivity index (χ4v) is 7.89. The second kappa shape index (κ2) is 15.1. The van der Waals surface area contributed by atoms with E-state index in [1.165, 1.54) is 6.07 Å². The van der Waals surface area contributed by atoms with Crippen LogP contribution in [0.1, 0.15) is 79.9 Å². The van der Waals surface area contributed by atoms with Crippen LogP contribution >= 0.6 is 11.6 Å². The van der Waals surface area contributed by atoms with E-state index in [4.69, 9.17) is 40.5 Å². The smallest absolute Gasteiger partial charge is 0.410 e. The topological polar surface area (TPSA) is 120 Å². The van der Waals surface area contributed by atoms with Crippen molar-refractivity contribution >= 4 is 45.3 Å². The van der Waals surface area contributed by atoms with E-state index < -0.39 is 17.1 Å². The summed E-state index contributed by atoms with van der Waals surface area (Å²) in [4.78, 5) is 33.4. The van der Waals surface area contributed by atoms with Crippen molar-refractivity contribution < 1.29 is 32.5 Å². The third-order valence-electron chi connectivity index (χ3n) is 10.4. The van der Waals surface area contributed by atoms with Crippen molar-refractivity contribution in [2.24, 2.45) is 5.41 Å². The molecule has 0 saturated carbocycles. The first kappa shape index (κ1) is 39.2. The van der Waals surface area contributed by atoms with E-state index >= 15 is 8.78 Å². The molecule has 4 aromatic rings. The highest BCUT2D eigenvalue weighted by atomic mass is 35.5. The van der Waals surface area contributed by atoms with Gasteiger partial charge in [-0.15, -0.1) is 0 Å². The quantitative estimate of drug-likeness (QED) is 0.182. The van der Waals surface area contributed by atoms with Crippen LogP contribution in [0.5, 0.6) is 17.6 Å². The van der Waals surface area contributed by atoms with Gasteiger partial charge in [-0.05, 0) is 77.9 Å². The number of piperazine rings is 1. The van der Waals surface area contributed by atoms with Crippen molar-refractivity contribution in [1.29, 1.82) is 0 Å².